The van der Waals surface area contributed by atoms with Crippen molar-refractivity contribution in [1.29, 1.82) is 0 Å². The van der Waals surface area contributed by atoms with Gasteiger partial charge in [0.05, 0.1) is 10.7 Å². The van der Waals surface area contributed by atoms with E-state index in [1.807, 2.05) is 0 Å². The molecule has 0 unspecified atom stereocenters. The number of nitrogens with zero attached hydrogens (tertiary/aromatic N) is 1. The molecule has 0 radical (unpaired) electrons. The van der Waals surface area contributed by atoms with Gasteiger partial charge >= 0.3 is 0 Å². The fourth-order valence-corrected chi connectivity index (χ4v) is 3.96. The topological polar surface area (TPSA) is 82.0 Å². The number of hydrogen-bond donors (Lipinski definition) is 3. The second-order valence-corrected chi connectivity index (χ2v) is 8.39. The first-order valence-electron chi connectivity index (χ1n) is 9.51. The van der Waals surface area contributed by atoms with Crippen LogP contribution in [0.3, 0.4) is 0 Å². The third kappa shape index (κ3) is 5.03. The molecule has 10 heteroatoms. The number of benzene rings is 2. The first-order valence-corrected chi connectivity index (χ1v) is 10.3. The van der Waals surface area contributed by atoms with Crippen molar-refractivity contribution in [3.63, 3.8) is 0 Å². The maximum absolute atomic E-state index is 14.2. The zero-order valence-corrected chi connectivity index (χ0v) is 18.4. The first kappa shape index (κ1) is 23.5. The van der Waals surface area contributed by atoms with E-state index in [-0.39, 0.29) is 42.7 Å². The molecule has 0 spiro atoms. The molecule has 2 atom stereocenters. The minimum absolute atomic E-state index is 0.000857. The molecule has 1 heterocycles. The Morgan fingerprint density at radius 1 is 1.32 bits per heavy atom. The summed E-state index contributed by atoms with van der Waals surface area (Å²) in [6, 6.07) is 5.12. The Labute approximate surface area is 188 Å². The van der Waals surface area contributed by atoms with Crippen LogP contribution in [-0.4, -0.2) is 47.5 Å². The van der Waals surface area contributed by atoms with Crippen LogP contribution >= 0.6 is 23.2 Å². The van der Waals surface area contributed by atoms with Crippen molar-refractivity contribution < 1.29 is 28.5 Å². The van der Waals surface area contributed by atoms with E-state index in [4.69, 9.17) is 27.9 Å². The summed E-state index contributed by atoms with van der Waals surface area (Å²) in [7, 11) is 0. The highest BCUT2D eigenvalue weighted by Crippen LogP contribution is 2.35. The van der Waals surface area contributed by atoms with Crippen molar-refractivity contribution in [3.8, 4) is 5.75 Å². The van der Waals surface area contributed by atoms with E-state index in [0.717, 1.165) is 12.1 Å². The summed E-state index contributed by atoms with van der Waals surface area (Å²) in [6.45, 7) is 2.66. The van der Waals surface area contributed by atoms with E-state index in [1.54, 1.807) is 19.1 Å². The summed E-state index contributed by atoms with van der Waals surface area (Å²) < 4.78 is 34.2. The Balaban J connectivity index is 1.73. The highest BCUT2D eigenvalue weighted by atomic mass is 35.5. The van der Waals surface area contributed by atoms with Gasteiger partial charge in [0.1, 0.15) is 29.7 Å². The molecule has 0 aliphatic carbocycles. The van der Waals surface area contributed by atoms with Crippen molar-refractivity contribution in [2.75, 3.05) is 29.9 Å². The van der Waals surface area contributed by atoms with Crippen molar-refractivity contribution in [2.45, 2.75) is 32.0 Å². The number of hydrogen-bond acceptors (Lipinski definition) is 5. The minimum Gasteiger partial charge on any atom is -0.490 e. The fraction of sp³-hybridized carbons (Fsp3) is 0.381. The molecule has 2 aromatic rings. The molecule has 31 heavy (non-hydrogen) atoms. The Morgan fingerprint density at radius 2 is 1.97 bits per heavy atom. The summed E-state index contributed by atoms with van der Waals surface area (Å²) in [4.78, 5) is 12.7. The highest BCUT2D eigenvalue weighted by Gasteiger charge is 2.42. The number of nitrogens with one attached hydrogen (secondary N) is 1. The van der Waals surface area contributed by atoms with E-state index < -0.39 is 23.3 Å². The molecule has 0 bridgehead atoms. The third-order valence-electron chi connectivity index (χ3n) is 5.27. The summed E-state index contributed by atoms with van der Waals surface area (Å²) in [5.41, 5.74) is -0.998. The number of piperidine rings is 1. The van der Waals surface area contributed by atoms with Crippen molar-refractivity contribution in [2.24, 2.45) is 0 Å². The quantitative estimate of drug-likeness (QED) is 0.611. The Bertz CT molecular complexity index is 985. The van der Waals surface area contributed by atoms with Gasteiger partial charge in [0.15, 0.2) is 11.6 Å². The molecule has 3 N–H and O–H groups in total. The molecule has 168 valence electrons. The summed E-state index contributed by atoms with van der Waals surface area (Å²) in [5, 5.41) is 24.3. The van der Waals surface area contributed by atoms with Gasteiger partial charge in [0.25, 0.3) is 0 Å². The maximum Gasteiger partial charge on any atom is 0.221 e. The van der Waals surface area contributed by atoms with E-state index in [2.05, 4.69) is 5.32 Å². The highest BCUT2D eigenvalue weighted by molar-refractivity contribution is 6.34. The Morgan fingerprint density at radius 3 is 2.55 bits per heavy atom. The molecule has 1 fully saturated rings. The van der Waals surface area contributed by atoms with Gasteiger partial charge < -0.3 is 25.2 Å². The van der Waals surface area contributed by atoms with Gasteiger partial charge in [-0.25, -0.2) is 8.78 Å². The zero-order chi connectivity index (χ0) is 22.9. The average molecular weight is 475 g/mol. The number of halogens is 4. The molecule has 1 saturated heterocycles. The summed E-state index contributed by atoms with van der Waals surface area (Å²) in [6.07, 6.45) is -1.33. The number of anilines is 2. The maximum atomic E-state index is 14.2. The number of ether oxygens (including phenoxy) is 1. The van der Waals surface area contributed by atoms with Gasteiger partial charge in [-0.2, -0.15) is 0 Å². The first-order chi connectivity index (χ1) is 14.5. The third-order valence-corrected chi connectivity index (χ3v) is 5.80. The van der Waals surface area contributed by atoms with Crippen LogP contribution in [0.1, 0.15) is 18.9 Å². The second kappa shape index (κ2) is 9.16. The predicted molar refractivity (Wildman–Crippen MR) is 115 cm³/mol. The number of rotatable bonds is 5. The lowest BCUT2D eigenvalue weighted by atomic mass is 9.89. The van der Waals surface area contributed by atoms with E-state index in [1.165, 1.54) is 11.8 Å². The van der Waals surface area contributed by atoms with Gasteiger partial charge in [-0.05, 0) is 37.6 Å². The number of amides is 1. The minimum atomic E-state index is -1.64. The van der Waals surface area contributed by atoms with Crippen LogP contribution < -0.4 is 15.0 Å². The average Bonchev–Trinajstić information content (AvgIpc) is 2.66. The monoisotopic (exact) mass is 474 g/mol. The van der Waals surface area contributed by atoms with Gasteiger partial charge in [0, 0.05) is 30.6 Å². The normalized spacial score (nSPS) is 21.2. The molecular formula is C21H22Cl2F2N2O4. The molecule has 1 amide bonds. The molecule has 3 rings (SSSR count). The molecule has 0 saturated carbocycles. The predicted octanol–water partition coefficient (Wildman–Crippen LogP) is 3.92. The lowest BCUT2D eigenvalue weighted by Crippen LogP contribution is -2.58. The summed E-state index contributed by atoms with van der Waals surface area (Å²) >= 11 is 11.8. The lowest BCUT2D eigenvalue weighted by Gasteiger charge is -2.42. The van der Waals surface area contributed by atoms with Gasteiger partial charge in [-0.3, -0.25) is 4.79 Å². The van der Waals surface area contributed by atoms with E-state index in [0.29, 0.717) is 22.0 Å². The number of aliphatic hydroxyl groups is 2. The van der Waals surface area contributed by atoms with Crippen molar-refractivity contribution in [1.82, 2.24) is 0 Å². The van der Waals surface area contributed by atoms with Crippen molar-refractivity contribution >= 4 is 40.5 Å². The molecule has 6 nitrogen and oxygen atoms in total. The van der Waals surface area contributed by atoms with Gasteiger partial charge in [0.2, 0.25) is 5.91 Å². The Kier molecular flexibility index (Phi) is 6.95. The number of aliphatic hydroxyl groups excluding tert-OH is 1. The fourth-order valence-electron chi connectivity index (χ4n) is 3.52. The number of carbonyl (C=O) groups excluding carboxylic acids is 1. The molecule has 1 aliphatic rings. The SMILES string of the molecule is CC(=O)Nc1c(Cl)ccc(OC[C@]2(O)CCN(c3c(F)cc(Cl)cc3F)C[C@H]2O)c1C. The van der Waals surface area contributed by atoms with Crippen LogP contribution in [0, 0.1) is 18.6 Å². The van der Waals surface area contributed by atoms with Gasteiger partial charge in [-0.15, -0.1) is 0 Å². The lowest BCUT2D eigenvalue weighted by molar-refractivity contribution is -0.114. The second-order valence-electron chi connectivity index (χ2n) is 7.55. The van der Waals surface area contributed by atoms with Crippen molar-refractivity contribution in [3.05, 3.63) is 51.5 Å². The van der Waals surface area contributed by atoms with Crippen LogP contribution in [0.5, 0.6) is 5.75 Å². The smallest absolute Gasteiger partial charge is 0.221 e. The van der Waals surface area contributed by atoms with Crippen LogP contribution in [-0.2, 0) is 4.79 Å². The molecule has 0 aromatic heterocycles. The molecular weight excluding hydrogens is 453 g/mol. The van der Waals surface area contributed by atoms with Gasteiger partial charge in [-0.1, -0.05) is 23.2 Å². The zero-order valence-electron chi connectivity index (χ0n) is 16.9. The van der Waals surface area contributed by atoms with Crippen LogP contribution in [0.2, 0.25) is 10.0 Å². The summed E-state index contributed by atoms with van der Waals surface area (Å²) in [5.74, 6) is -1.63. The van der Waals surface area contributed by atoms with Crippen LogP contribution in [0.15, 0.2) is 24.3 Å². The largest absolute Gasteiger partial charge is 0.490 e. The van der Waals surface area contributed by atoms with E-state index in [9.17, 15) is 23.8 Å². The Hall–Kier alpha value is -2.13. The van der Waals surface area contributed by atoms with Crippen LogP contribution in [0.25, 0.3) is 0 Å². The molecule has 2 aromatic carbocycles. The number of carbonyl (C=O) groups is 1. The number of β-amino-alcohol motifs (C(OH)–C–C–N with tert-alkyl or cyclic N) is 1. The standard InChI is InChI=1S/C21H22Cl2F2N2O4/c1-11-17(4-3-14(23)19(11)26-12(2)28)31-10-21(30)5-6-27(9-18(21)29)20-15(24)7-13(22)8-16(20)25/h3-4,7-8,18,29-30H,5-6,9-10H2,1-2H3,(H,26,28)/t18-,21-/m1/s1. The van der Waals surface area contributed by atoms with E-state index >= 15 is 0 Å². The molecule has 1 aliphatic heterocycles. The van der Waals surface area contributed by atoms with Crippen LogP contribution in [0.4, 0.5) is 20.2 Å².